The molecule has 4 rings (SSSR count). The lowest BCUT2D eigenvalue weighted by atomic mass is 10.1. The molecular weight excluding hydrogens is 328 g/mol. The largest absolute Gasteiger partial charge is 0.353 e. The van der Waals surface area contributed by atoms with Gasteiger partial charge in [-0.15, -0.1) is 11.8 Å². The lowest BCUT2D eigenvalue weighted by molar-refractivity contribution is 1.31. The summed E-state index contributed by atoms with van der Waals surface area (Å²) in [6.07, 6.45) is 2.04. The summed E-state index contributed by atoms with van der Waals surface area (Å²) >= 11 is 7.78. The van der Waals surface area contributed by atoms with Crippen molar-refractivity contribution in [2.24, 2.45) is 0 Å². The first-order chi connectivity index (χ1) is 11.2. The number of benzene rings is 2. The number of hydrogen-bond acceptors (Lipinski definition) is 2. The number of aromatic amines is 2. The van der Waals surface area contributed by atoms with E-state index in [1.807, 2.05) is 36.6 Å². The molecule has 23 heavy (non-hydrogen) atoms. The minimum absolute atomic E-state index is 0.122. The number of H-pyrrole nitrogens is 2. The Bertz CT molecular complexity index is 1100. The number of pyridine rings is 1. The molecule has 0 aliphatic heterocycles. The molecule has 0 atom stereocenters. The van der Waals surface area contributed by atoms with Crippen LogP contribution in [0.5, 0.6) is 0 Å². The fraction of sp³-hybridized carbons (Fsp3) is 0.0556. The van der Waals surface area contributed by atoms with E-state index in [4.69, 9.17) is 11.6 Å². The van der Waals surface area contributed by atoms with Gasteiger partial charge in [0.05, 0.1) is 11.0 Å². The van der Waals surface area contributed by atoms with Crippen LogP contribution < -0.4 is 5.56 Å². The van der Waals surface area contributed by atoms with Crippen molar-refractivity contribution in [1.29, 1.82) is 0 Å². The van der Waals surface area contributed by atoms with Gasteiger partial charge in [0.25, 0.3) is 0 Å². The summed E-state index contributed by atoms with van der Waals surface area (Å²) in [5.41, 5.74) is 4.45. The average molecular weight is 341 g/mol. The minimum Gasteiger partial charge on any atom is -0.353 e. The zero-order chi connectivity index (χ0) is 16.0. The molecule has 0 bridgehead atoms. The standard InChI is InChI=1S/C18H13ClN2OS/c1-23-12-4-2-3-10(7-12)13-9-16(22)21-18-14-8-11(19)5-6-15(14)20-17(13)18/h2-9,20H,1H3,(H,21,22). The summed E-state index contributed by atoms with van der Waals surface area (Å²) in [7, 11) is 0. The molecule has 0 saturated carbocycles. The molecular formula is C18H13ClN2OS. The molecule has 5 heteroatoms. The first kappa shape index (κ1) is 14.4. The summed E-state index contributed by atoms with van der Waals surface area (Å²) in [6, 6.07) is 15.5. The highest BCUT2D eigenvalue weighted by Crippen LogP contribution is 2.33. The third-order valence-corrected chi connectivity index (χ3v) is 4.89. The monoisotopic (exact) mass is 340 g/mol. The van der Waals surface area contributed by atoms with Gasteiger partial charge in [-0.05, 0) is 42.2 Å². The van der Waals surface area contributed by atoms with Gasteiger partial charge in [0, 0.05) is 32.5 Å². The zero-order valence-corrected chi connectivity index (χ0v) is 13.9. The lowest BCUT2D eigenvalue weighted by Gasteiger charge is -2.05. The van der Waals surface area contributed by atoms with Crippen molar-refractivity contribution in [3.63, 3.8) is 0 Å². The first-order valence-electron chi connectivity index (χ1n) is 7.14. The maximum absolute atomic E-state index is 12.2. The SMILES string of the molecule is CSc1cccc(-c2cc(=O)[nH]c3c2[nH]c2ccc(Cl)cc23)c1. The average Bonchev–Trinajstić information content (AvgIpc) is 2.92. The normalized spacial score (nSPS) is 11.4. The fourth-order valence-electron chi connectivity index (χ4n) is 2.88. The second kappa shape index (κ2) is 5.48. The van der Waals surface area contributed by atoms with Gasteiger partial charge in [-0.25, -0.2) is 0 Å². The van der Waals surface area contributed by atoms with Gasteiger partial charge in [-0.3, -0.25) is 4.79 Å². The van der Waals surface area contributed by atoms with E-state index in [2.05, 4.69) is 22.1 Å². The molecule has 0 saturated heterocycles. The Hall–Kier alpha value is -2.17. The Balaban J connectivity index is 2.10. The van der Waals surface area contributed by atoms with Crippen molar-refractivity contribution in [1.82, 2.24) is 9.97 Å². The van der Waals surface area contributed by atoms with Crippen LogP contribution in [0.4, 0.5) is 0 Å². The number of thioether (sulfide) groups is 1. The van der Waals surface area contributed by atoms with Gasteiger partial charge >= 0.3 is 0 Å². The van der Waals surface area contributed by atoms with Crippen LogP contribution in [0.2, 0.25) is 5.02 Å². The number of rotatable bonds is 2. The first-order valence-corrected chi connectivity index (χ1v) is 8.74. The summed E-state index contributed by atoms with van der Waals surface area (Å²) < 4.78 is 0. The predicted octanol–water partition coefficient (Wildman–Crippen LogP) is 5.05. The summed E-state index contributed by atoms with van der Waals surface area (Å²) in [6.45, 7) is 0. The number of halogens is 1. The van der Waals surface area contributed by atoms with Crippen LogP contribution in [0.15, 0.2) is 58.2 Å². The number of hydrogen-bond donors (Lipinski definition) is 2. The van der Waals surface area contributed by atoms with E-state index < -0.39 is 0 Å². The van der Waals surface area contributed by atoms with E-state index in [0.29, 0.717) is 5.02 Å². The predicted molar refractivity (Wildman–Crippen MR) is 98.7 cm³/mol. The van der Waals surface area contributed by atoms with Gasteiger partial charge in [0.1, 0.15) is 0 Å². The van der Waals surface area contributed by atoms with Crippen LogP contribution in [0.1, 0.15) is 0 Å². The summed E-state index contributed by atoms with van der Waals surface area (Å²) in [5, 5.41) is 1.57. The third kappa shape index (κ3) is 2.44. The highest BCUT2D eigenvalue weighted by molar-refractivity contribution is 7.98. The Morgan fingerprint density at radius 1 is 1.00 bits per heavy atom. The molecule has 0 aliphatic rings. The Labute approximate surface area is 141 Å². The highest BCUT2D eigenvalue weighted by Gasteiger charge is 2.12. The van der Waals surface area contributed by atoms with E-state index in [-0.39, 0.29) is 5.56 Å². The maximum atomic E-state index is 12.2. The third-order valence-electron chi connectivity index (χ3n) is 3.93. The smallest absolute Gasteiger partial charge is 0.249 e. The molecule has 0 amide bonds. The van der Waals surface area contributed by atoms with Gasteiger partial charge in [-0.1, -0.05) is 23.7 Å². The van der Waals surface area contributed by atoms with Crippen LogP contribution in [-0.2, 0) is 0 Å². The molecule has 2 aromatic carbocycles. The molecule has 0 fully saturated rings. The number of fused-ring (bicyclic) bond motifs is 3. The van der Waals surface area contributed by atoms with Gasteiger partial charge in [0.2, 0.25) is 5.56 Å². The van der Waals surface area contributed by atoms with Gasteiger partial charge in [0.15, 0.2) is 0 Å². The van der Waals surface area contributed by atoms with E-state index in [9.17, 15) is 4.79 Å². The molecule has 0 spiro atoms. The van der Waals surface area contributed by atoms with Crippen LogP contribution >= 0.6 is 23.4 Å². The van der Waals surface area contributed by atoms with Crippen molar-refractivity contribution in [3.8, 4) is 11.1 Å². The molecule has 114 valence electrons. The summed E-state index contributed by atoms with van der Waals surface area (Å²) in [5.74, 6) is 0. The topological polar surface area (TPSA) is 48.6 Å². The lowest BCUT2D eigenvalue weighted by Crippen LogP contribution is -2.04. The maximum Gasteiger partial charge on any atom is 0.249 e. The highest BCUT2D eigenvalue weighted by atomic mass is 35.5. The zero-order valence-electron chi connectivity index (χ0n) is 12.3. The van der Waals surface area contributed by atoms with Crippen molar-refractivity contribution in [3.05, 3.63) is 63.9 Å². The quantitative estimate of drug-likeness (QED) is 0.501. The second-order valence-electron chi connectivity index (χ2n) is 5.34. The molecule has 2 N–H and O–H groups in total. The molecule has 4 aromatic rings. The summed E-state index contributed by atoms with van der Waals surface area (Å²) in [4.78, 5) is 19.6. The van der Waals surface area contributed by atoms with Crippen LogP contribution in [-0.4, -0.2) is 16.2 Å². The van der Waals surface area contributed by atoms with Crippen LogP contribution in [0.25, 0.3) is 33.1 Å². The Morgan fingerprint density at radius 3 is 2.70 bits per heavy atom. The van der Waals surface area contributed by atoms with Crippen molar-refractivity contribution >= 4 is 45.3 Å². The second-order valence-corrected chi connectivity index (χ2v) is 6.66. The van der Waals surface area contributed by atoms with E-state index in [1.54, 1.807) is 17.8 Å². The minimum atomic E-state index is -0.122. The molecule has 2 heterocycles. The van der Waals surface area contributed by atoms with Crippen molar-refractivity contribution < 1.29 is 0 Å². The molecule has 0 aliphatic carbocycles. The Kier molecular flexibility index (Phi) is 3.43. The van der Waals surface area contributed by atoms with Crippen LogP contribution in [0.3, 0.4) is 0 Å². The van der Waals surface area contributed by atoms with E-state index in [1.165, 1.54) is 0 Å². The van der Waals surface area contributed by atoms with E-state index in [0.717, 1.165) is 38.0 Å². The Morgan fingerprint density at radius 2 is 1.87 bits per heavy atom. The van der Waals surface area contributed by atoms with Gasteiger partial charge in [-0.2, -0.15) is 0 Å². The molecule has 3 nitrogen and oxygen atoms in total. The van der Waals surface area contributed by atoms with Gasteiger partial charge < -0.3 is 9.97 Å². The molecule has 0 radical (unpaired) electrons. The number of nitrogens with one attached hydrogen (secondary N) is 2. The molecule has 2 aromatic heterocycles. The molecule has 0 unspecified atom stereocenters. The van der Waals surface area contributed by atoms with Crippen molar-refractivity contribution in [2.45, 2.75) is 4.90 Å². The van der Waals surface area contributed by atoms with E-state index >= 15 is 0 Å². The number of aromatic nitrogens is 2. The van der Waals surface area contributed by atoms with Crippen LogP contribution in [0, 0.1) is 0 Å². The van der Waals surface area contributed by atoms with Crippen molar-refractivity contribution in [2.75, 3.05) is 6.26 Å². The fourth-order valence-corrected chi connectivity index (χ4v) is 3.51.